The number of carbonyl (C=O) groups excluding carboxylic acids is 1. The summed E-state index contributed by atoms with van der Waals surface area (Å²) >= 11 is 0. The molecule has 1 aliphatic rings. The highest BCUT2D eigenvalue weighted by Gasteiger charge is 2.20. The minimum atomic E-state index is 0.646. The second-order valence-electron chi connectivity index (χ2n) is 4.64. The van der Waals surface area contributed by atoms with E-state index < -0.39 is 0 Å². The molecular formula is C16H12N2O. The maximum Gasteiger partial charge on any atom is 0.179 e. The van der Waals surface area contributed by atoms with Crippen LogP contribution in [0.15, 0.2) is 42.5 Å². The lowest BCUT2D eigenvalue weighted by Crippen LogP contribution is -2.07. The molecule has 0 N–H and O–H groups in total. The van der Waals surface area contributed by atoms with E-state index in [9.17, 15) is 4.79 Å². The van der Waals surface area contributed by atoms with Crippen molar-refractivity contribution >= 4 is 6.29 Å². The Kier molecular flexibility index (Phi) is 2.77. The van der Waals surface area contributed by atoms with E-state index >= 15 is 0 Å². The van der Waals surface area contributed by atoms with Gasteiger partial charge in [-0.15, -0.1) is 0 Å². The smallest absolute Gasteiger partial charge is 0.179 e. The van der Waals surface area contributed by atoms with Crippen LogP contribution >= 0.6 is 0 Å². The summed E-state index contributed by atoms with van der Waals surface area (Å²) in [6.45, 7) is 1.32. The first-order valence-electron chi connectivity index (χ1n) is 6.13. The van der Waals surface area contributed by atoms with Gasteiger partial charge < -0.3 is 4.90 Å². The maximum absolute atomic E-state index is 10.9. The van der Waals surface area contributed by atoms with Gasteiger partial charge in [0.15, 0.2) is 6.19 Å². The van der Waals surface area contributed by atoms with Crippen molar-refractivity contribution < 1.29 is 4.79 Å². The van der Waals surface area contributed by atoms with Crippen LogP contribution in [0.5, 0.6) is 0 Å². The summed E-state index contributed by atoms with van der Waals surface area (Å²) in [5.41, 5.74) is 5.19. The second-order valence-corrected chi connectivity index (χ2v) is 4.64. The zero-order valence-electron chi connectivity index (χ0n) is 10.3. The molecule has 2 aromatic carbocycles. The van der Waals surface area contributed by atoms with Crippen molar-refractivity contribution in [1.29, 1.82) is 5.26 Å². The molecule has 0 radical (unpaired) electrons. The Morgan fingerprint density at radius 2 is 2.00 bits per heavy atom. The normalized spacial score (nSPS) is 12.9. The first kappa shape index (κ1) is 11.5. The molecule has 0 aromatic heterocycles. The first-order valence-corrected chi connectivity index (χ1v) is 6.13. The molecule has 92 valence electrons. The van der Waals surface area contributed by atoms with E-state index in [1.165, 1.54) is 11.1 Å². The van der Waals surface area contributed by atoms with Crippen molar-refractivity contribution in [3.8, 4) is 17.3 Å². The van der Waals surface area contributed by atoms with Crippen molar-refractivity contribution in [3.63, 3.8) is 0 Å². The SMILES string of the molecule is N#CN1Cc2cccc(-c3cccc(C=O)c3)c2C1. The summed E-state index contributed by atoms with van der Waals surface area (Å²) in [5, 5.41) is 9.01. The van der Waals surface area contributed by atoms with Crippen molar-refractivity contribution in [2.24, 2.45) is 0 Å². The van der Waals surface area contributed by atoms with E-state index in [0.29, 0.717) is 18.7 Å². The van der Waals surface area contributed by atoms with Gasteiger partial charge >= 0.3 is 0 Å². The molecule has 0 aliphatic carbocycles. The number of benzene rings is 2. The molecule has 0 saturated heterocycles. The van der Waals surface area contributed by atoms with Crippen LogP contribution in [0.4, 0.5) is 0 Å². The molecule has 0 saturated carbocycles. The number of nitriles is 1. The number of carbonyl (C=O) groups is 1. The van der Waals surface area contributed by atoms with E-state index in [0.717, 1.165) is 17.4 Å². The Balaban J connectivity index is 2.10. The molecule has 2 aromatic rings. The third-order valence-electron chi connectivity index (χ3n) is 3.46. The highest BCUT2D eigenvalue weighted by Crippen LogP contribution is 2.32. The van der Waals surface area contributed by atoms with E-state index in [4.69, 9.17) is 5.26 Å². The zero-order chi connectivity index (χ0) is 13.2. The van der Waals surface area contributed by atoms with Gasteiger partial charge in [-0.3, -0.25) is 4.79 Å². The quantitative estimate of drug-likeness (QED) is 0.606. The molecule has 0 amide bonds. The van der Waals surface area contributed by atoms with Crippen LogP contribution in [0.2, 0.25) is 0 Å². The van der Waals surface area contributed by atoms with E-state index in [-0.39, 0.29) is 0 Å². The summed E-state index contributed by atoms with van der Waals surface area (Å²) in [4.78, 5) is 12.6. The molecule has 3 heteroatoms. The number of nitrogens with zero attached hydrogens (tertiary/aromatic N) is 2. The fourth-order valence-corrected chi connectivity index (χ4v) is 2.54. The van der Waals surface area contributed by atoms with Gasteiger partial charge in [-0.1, -0.05) is 36.4 Å². The number of fused-ring (bicyclic) bond motifs is 1. The number of hydrogen-bond acceptors (Lipinski definition) is 3. The lowest BCUT2D eigenvalue weighted by atomic mass is 9.96. The van der Waals surface area contributed by atoms with Crippen LogP contribution in [-0.4, -0.2) is 11.2 Å². The highest BCUT2D eigenvalue weighted by molar-refractivity contribution is 5.80. The predicted molar refractivity (Wildman–Crippen MR) is 72.1 cm³/mol. The van der Waals surface area contributed by atoms with Gasteiger partial charge in [0, 0.05) is 5.56 Å². The Morgan fingerprint density at radius 1 is 1.16 bits per heavy atom. The molecule has 3 nitrogen and oxygen atoms in total. The molecule has 0 atom stereocenters. The van der Waals surface area contributed by atoms with Crippen molar-refractivity contribution in [2.75, 3.05) is 0 Å². The van der Waals surface area contributed by atoms with E-state index in [1.54, 1.807) is 11.0 Å². The summed E-state index contributed by atoms with van der Waals surface area (Å²) in [7, 11) is 0. The summed E-state index contributed by atoms with van der Waals surface area (Å²) < 4.78 is 0. The van der Waals surface area contributed by atoms with Gasteiger partial charge in [0.1, 0.15) is 6.29 Å². The van der Waals surface area contributed by atoms with Gasteiger partial charge in [-0.25, -0.2) is 0 Å². The fourth-order valence-electron chi connectivity index (χ4n) is 2.54. The zero-order valence-corrected chi connectivity index (χ0v) is 10.3. The maximum atomic E-state index is 10.9. The molecule has 0 fully saturated rings. The van der Waals surface area contributed by atoms with Gasteiger partial charge in [-0.2, -0.15) is 5.26 Å². The molecular weight excluding hydrogens is 236 g/mol. The van der Waals surface area contributed by atoms with E-state index in [2.05, 4.69) is 12.3 Å². The standard InChI is InChI=1S/C16H12N2O/c17-11-18-8-14-5-2-6-15(16(14)9-18)13-4-1-3-12(7-13)10-19/h1-7,10H,8-9H2. The first-order chi connectivity index (χ1) is 9.31. The van der Waals surface area contributed by atoms with Crippen molar-refractivity contribution in [1.82, 2.24) is 4.90 Å². The minimum absolute atomic E-state index is 0.646. The Hall–Kier alpha value is -2.60. The third kappa shape index (κ3) is 1.98. The third-order valence-corrected chi connectivity index (χ3v) is 3.46. The number of rotatable bonds is 2. The van der Waals surface area contributed by atoms with Crippen molar-refractivity contribution in [2.45, 2.75) is 13.1 Å². The van der Waals surface area contributed by atoms with Crippen LogP contribution < -0.4 is 0 Å². The minimum Gasteiger partial charge on any atom is -0.302 e. The highest BCUT2D eigenvalue weighted by atomic mass is 16.1. The monoisotopic (exact) mass is 248 g/mol. The van der Waals surface area contributed by atoms with Gasteiger partial charge in [0.05, 0.1) is 13.1 Å². The Morgan fingerprint density at radius 3 is 2.79 bits per heavy atom. The average molecular weight is 248 g/mol. The number of hydrogen-bond donors (Lipinski definition) is 0. The van der Waals surface area contributed by atoms with Crippen LogP contribution in [0, 0.1) is 11.5 Å². The average Bonchev–Trinajstić information content (AvgIpc) is 2.90. The van der Waals surface area contributed by atoms with Crippen LogP contribution in [0.25, 0.3) is 11.1 Å². The molecule has 3 rings (SSSR count). The Labute approximate surface area is 111 Å². The molecule has 1 heterocycles. The molecule has 0 spiro atoms. The van der Waals surface area contributed by atoms with Crippen LogP contribution in [0.3, 0.4) is 0 Å². The molecule has 19 heavy (non-hydrogen) atoms. The molecule has 0 bridgehead atoms. The van der Waals surface area contributed by atoms with Gasteiger partial charge in [0.2, 0.25) is 0 Å². The second kappa shape index (κ2) is 4.58. The largest absolute Gasteiger partial charge is 0.302 e. The van der Waals surface area contributed by atoms with Crippen molar-refractivity contribution in [3.05, 3.63) is 59.2 Å². The molecule has 0 unspecified atom stereocenters. The predicted octanol–water partition coefficient (Wildman–Crippen LogP) is 2.96. The lowest BCUT2D eigenvalue weighted by molar-refractivity contribution is 0.112. The molecule has 1 aliphatic heterocycles. The van der Waals surface area contributed by atoms with Gasteiger partial charge in [-0.05, 0) is 28.3 Å². The topological polar surface area (TPSA) is 44.1 Å². The summed E-state index contributed by atoms with van der Waals surface area (Å²) in [6, 6.07) is 13.7. The van der Waals surface area contributed by atoms with Crippen LogP contribution in [0.1, 0.15) is 21.5 Å². The van der Waals surface area contributed by atoms with Crippen LogP contribution in [-0.2, 0) is 13.1 Å². The summed E-state index contributed by atoms with van der Waals surface area (Å²) in [6.07, 6.45) is 3.04. The Bertz CT molecular complexity index is 685. The van der Waals surface area contributed by atoms with E-state index in [1.807, 2.05) is 30.3 Å². The summed E-state index contributed by atoms with van der Waals surface area (Å²) in [5.74, 6) is 0. The fraction of sp³-hybridized carbons (Fsp3) is 0.125. The number of aldehydes is 1. The lowest BCUT2D eigenvalue weighted by Gasteiger charge is -2.08. The van der Waals surface area contributed by atoms with Gasteiger partial charge in [0.25, 0.3) is 0 Å².